The Hall–Kier alpha value is -2.76. The Morgan fingerprint density at radius 1 is 1.24 bits per heavy atom. The molecule has 0 spiro atoms. The molecule has 110 valence electrons. The summed E-state index contributed by atoms with van der Waals surface area (Å²) >= 11 is 0. The average molecular weight is 287 g/mol. The quantitative estimate of drug-likeness (QED) is 0.362. The van der Waals surface area contributed by atoms with Crippen molar-refractivity contribution in [1.82, 2.24) is 4.57 Å². The maximum atomic E-state index is 11.5. The van der Waals surface area contributed by atoms with Crippen LogP contribution in [0.25, 0.3) is 0 Å². The van der Waals surface area contributed by atoms with Crippen LogP contribution in [0.15, 0.2) is 58.6 Å². The summed E-state index contributed by atoms with van der Waals surface area (Å²) in [5.74, 6) is 0.870. The van der Waals surface area contributed by atoms with Gasteiger partial charge in [0.1, 0.15) is 18.2 Å². The monoisotopic (exact) mass is 287 g/mol. The highest BCUT2D eigenvalue weighted by Gasteiger charge is 1.99. The third kappa shape index (κ3) is 4.38. The number of amidine groups is 1. The van der Waals surface area contributed by atoms with Gasteiger partial charge in [-0.25, -0.2) is 0 Å². The summed E-state index contributed by atoms with van der Waals surface area (Å²) in [5.41, 5.74) is 6.32. The molecule has 0 saturated heterocycles. The van der Waals surface area contributed by atoms with Crippen LogP contribution in [0.4, 0.5) is 0 Å². The van der Waals surface area contributed by atoms with E-state index in [4.69, 9.17) is 15.7 Å². The molecule has 1 aromatic carbocycles. The average Bonchev–Trinajstić information content (AvgIpc) is 2.51. The zero-order valence-corrected chi connectivity index (χ0v) is 11.5. The van der Waals surface area contributed by atoms with E-state index in [1.807, 2.05) is 30.3 Å². The molecule has 0 unspecified atom stereocenters. The van der Waals surface area contributed by atoms with Gasteiger partial charge in [0.05, 0.1) is 6.54 Å². The highest BCUT2D eigenvalue weighted by Crippen LogP contribution is 2.12. The minimum atomic E-state index is -0.0461. The summed E-state index contributed by atoms with van der Waals surface area (Å²) in [5, 5.41) is 11.4. The summed E-state index contributed by atoms with van der Waals surface area (Å²) in [6, 6.07) is 12.4. The minimum absolute atomic E-state index is 0.0461. The first-order valence-electron chi connectivity index (χ1n) is 6.52. The van der Waals surface area contributed by atoms with Crippen LogP contribution in [-0.2, 0) is 13.0 Å². The van der Waals surface area contributed by atoms with E-state index < -0.39 is 0 Å². The van der Waals surface area contributed by atoms with Gasteiger partial charge in [-0.3, -0.25) is 4.79 Å². The number of oxime groups is 1. The van der Waals surface area contributed by atoms with Gasteiger partial charge in [0, 0.05) is 18.7 Å². The second-order valence-corrected chi connectivity index (χ2v) is 4.49. The molecule has 0 bridgehead atoms. The van der Waals surface area contributed by atoms with Crippen LogP contribution in [-0.4, -0.2) is 22.2 Å². The van der Waals surface area contributed by atoms with Crippen molar-refractivity contribution in [3.8, 4) is 5.75 Å². The standard InChI is InChI=1S/C15H17N3O3/c16-14(17-20)11-12-4-6-13(7-5-12)21-10-9-18-8-2-1-3-15(18)19/h1-8,20H,9-11H2,(H2,16,17). The van der Waals surface area contributed by atoms with Gasteiger partial charge >= 0.3 is 0 Å². The van der Waals surface area contributed by atoms with Crippen molar-refractivity contribution in [2.45, 2.75) is 13.0 Å². The van der Waals surface area contributed by atoms with Crippen LogP contribution in [0, 0.1) is 0 Å². The van der Waals surface area contributed by atoms with E-state index in [0.717, 1.165) is 5.56 Å². The van der Waals surface area contributed by atoms with Crippen molar-refractivity contribution >= 4 is 5.84 Å². The molecule has 6 nitrogen and oxygen atoms in total. The number of rotatable bonds is 6. The van der Waals surface area contributed by atoms with Gasteiger partial charge in [-0.15, -0.1) is 0 Å². The second kappa shape index (κ2) is 7.14. The van der Waals surface area contributed by atoms with E-state index in [2.05, 4.69) is 5.16 Å². The molecule has 2 aromatic rings. The molecule has 0 aliphatic heterocycles. The van der Waals surface area contributed by atoms with E-state index in [0.29, 0.717) is 25.3 Å². The van der Waals surface area contributed by atoms with Crippen molar-refractivity contribution in [2.24, 2.45) is 10.9 Å². The van der Waals surface area contributed by atoms with Crippen LogP contribution >= 0.6 is 0 Å². The van der Waals surface area contributed by atoms with E-state index in [1.54, 1.807) is 16.8 Å². The Morgan fingerprint density at radius 2 is 2.00 bits per heavy atom. The van der Waals surface area contributed by atoms with Crippen molar-refractivity contribution in [2.75, 3.05) is 6.61 Å². The molecule has 6 heteroatoms. The van der Waals surface area contributed by atoms with Crippen LogP contribution in [0.5, 0.6) is 5.75 Å². The van der Waals surface area contributed by atoms with Crippen molar-refractivity contribution < 1.29 is 9.94 Å². The smallest absolute Gasteiger partial charge is 0.250 e. The van der Waals surface area contributed by atoms with E-state index in [1.165, 1.54) is 6.07 Å². The third-order valence-corrected chi connectivity index (χ3v) is 2.94. The fraction of sp³-hybridized carbons (Fsp3) is 0.200. The van der Waals surface area contributed by atoms with Gasteiger partial charge in [-0.05, 0) is 23.8 Å². The summed E-state index contributed by atoms with van der Waals surface area (Å²) in [7, 11) is 0. The number of aromatic nitrogens is 1. The molecule has 0 fully saturated rings. The molecule has 1 aromatic heterocycles. The lowest BCUT2D eigenvalue weighted by atomic mass is 10.1. The van der Waals surface area contributed by atoms with E-state index in [9.17, 15) is 4.79 Å². The Labute approximate surface area is 122 Å². The number of pyridine rings is 1. The fourth-order valence-electron chi connectivity index (χ4n) is 1.86. The molecule has 2 rings (SSSR count). The Balaban J connectivity index is 1.87. The predicted octanol–water partition coefficient (Wildman–Crippen LogP) is 1.22. The van der Waals surface area contributed by atoms with E-state index >= 15 is 0 Å². The van der Waals surface area contributed by atoms with Gasteiger partial charge in [0.15, 0.2) is 0 Å². The number of nitrogens with two attached hydrogens (primary N) is 1. The molecule has 21 heavy (non-hydrogen) atoms. The molecule has 3 N–H and O–H groups in total. The Bertz CT molecular complexity index is 662. The molecule has 0 radical (unpaired) electrons. The van der Waals surface area contributed by atoms with E-state index in [-0.39, 0.29) is 11.4 Å². The lowest BCUT2D eigenvalue weighted by Gasteiger charge is -2.08. The lowest BCUT2D eigenvalue weighted by molar-refractivity contribution is 0.296. The topological polar surface area (TPSA) is 89.8 Å². The molecule has 0 aliphatic rings. The van der Waals surface area contributed by atoms with Crippen LogP contribution < -0.4 is 16.0 Å². The van der Waals surface area contributed by atoms with Gasteiger partial charge in [0.2, 0.25) is 0 Å². The summed E-state index contributed by atoms with van der Waals surface area (Å²) in [6.07, 6.45) is 2.11. The minimum Gasteiger partial charge on any atom is -0.492 e. The van der Waals surface area contributed by atoms with Crippen molar-refractivity contribution in [1.29, 1.82) is 0 Å². The Morgan fingerprint density at radius 3 is 2.67 bits per heavy atom. The number of hydrogen-bond donors (Lipinski definition) is 2. The summed E-state index contributed by atoms with van der Waals surface area (Å²) < 4.78 is 7.17. The van der Waals surface area contributed by atoms with Crippen LogP contribution in [0.1, 0.15) is 5.56 Å². The van der Waals surface area contributed by atoms with Gasteiger partial charge in [0.25, 0.3) is 5.56 Å². The van der Waals surface area contributed by atoms with Gasteiger partial charge < -0.3 is 20.2 Å². The number of benzene rings is 1. The summed E-state index contributed by atoms with van der Waals surface area (Å²) in [6.45, 7) is 0.898. The first-order chi connectivity index (χ1) is 10.2. The van der Waals surface area contributed by atoms with Crippen molar-refractivity contribution in [3.05, 3.63) is 64.6 Å². The summed E-state index contributed by atoms with van der Waals surface area (Å²) in [4.78, 5) is 11.5. The second-order valence-electron chi connectivity index (χ2n) is 4.49. The molecular weight excluding hydrogens is 270 g/mol. The molecule has 1 heterocycles. The fourth-order valence-corrected chi connectivity index (χ4v) is 1.86. The highest BCUT2D eigenvalue weighted by atomic mass is 16.5. The lowest BCUT2D eigenvalue weighted by Crippen LogP contribution is -2.21. The highest BCUT2D eigenvalue weighted by molar-refractivity contribution is 5.82. The normalized spacial score (nSPS) is 11.3. The number of ether oxygens (including phenoxy) is 1. The maximum absolute atomic E-state index is 11.5. The zero-order valence-electron chi connectivity index (χ0n) is 11.5. The van der Waals surface area contributed by atoms with Gasteiger partial charge in [-0.1, -0.05) is 23.4 Å². The largest absolute Gasteiger partial charge is 0.492 e. The maximum Gasteiger partial charge on any atom is 0.250 e. The van der Waals surface area contributed by atoms with Crippen LogP contribution in [0.2, 0.25) is 0 Å². The number of hydrogen-bond acceptors (Lipinski definition) is 4. The first-order valence-corrected chi connectivity index (χ1v) is 6.52. The molecule has 0 amide bonds. The number of nitrogens with zero attached hydrogens (tertiary/aromatic N) is 2. The molecule has 0 atom stereocenters. The molecular formula is C15H17N3O3. The first kappa shape index (κ1) is 14.6. The van der Waals surface area contributed by atoms with Crippen molar-refractivity contribution in [3.63, 3.8) is 0 Å². The Kier molecular flexibility index (Phi) is 4.98. The third-order valence-electron chi connectivity index (χ3n) is 2.94. The zero-order chi connectivity index (χ0) is 15.1. The predicted molar refractivity (Wildman–Crippen MR) is 79.8 cm³/mol. The van der Waals surface area contributed by atoms with Crippen LogP contribution in [0.3, 0.4) is 0 Å². The molecule has 0 aliphatic carbocycles. The molecule has 0 saturated carbocycles. The SMILES string of the molecule is N/C(Cc1ccc(OCCn2ccccc2=O)cc1)=N/O. The van der Waals surface area contributed by atoms with Gasteiger partial charge in [-0.2, -0.15) is 0 Å².